The molecular formula is C15H19Cl2N3O. The molecule has 6 heteroatoms. The van der Waals surface area contributed by atoms with Gasteiger partial charge in [-0.15, -0.1) is 0 Å². The molecule has 114 valence electrons. The Morgan fingerprint density at radius 2 is 1.95 bits per heavy atom. The first kappa shape index (κ1) is 14.9. The average Bonchev–Trinajstić information content (AvgIpc) is 2.86. The number of halogens is 2. The predicted octanol–water partition coefficient (Wildman–Crippen LogP) is 2.98. The Morgan fingerprint density at radius 3 is 2.71 bits per heavy atom. The van der Waals surface area contributed by atoms with Crippen molar-refractivity contribution in [1.29, 1.82) is 0 Å². The van der Waals surface area contributed by atoms with Crippen molar-refractivity contribution in [2.45, 2.75) is 25.4 Å². The Bertz CT molecular complexity index is 532. The SMILES string of the molecule is O=C1N(Cc2cccc(Cl)c2Cl)CCN1C1CCNCC1. The van der Waals surface area contributed by atoms with Gasteiger partial charge in [-0.05, 0) is 37.6 Å². The zero-order chi connectivity index (χ0) is 14.8. The summed E-state index contributed by atoms with van der Waals surface area (Å²) >= 11 is 12.2. The van der Waals surface area contributed by atoms with Gasteiger partial charge in [0, 0.05) is 25.7 Å². The van der Waals surface area contributed by atoms with Crippen molar-refractivity contribution in [2.75, 3.05) is 26.2 Å². The van der Waals surface area contributed by atoms with E-state index in [4.69, 9.17) is 23.2 Å². The quantitative estimate of drug-likeness (QED) is 0.926. The van der Waals surface area contributed by atoms with Gasteiger partial charge in [-0.25, -0.2) is 4.79 Å². The number of hydrogen-bond acceptors (Lipinski definition) is 2. The monoisotopic (exact) mass is 327 g/mol. The topological polar surface area (TPSA) is 35.6 Å². The van der Waals surface area contributed by atoms with E-state index in [1.165, 1.54) is 0 Å². The van der Waals surface area contributed by atoms with Gasteiger partial charge in [-0.3, -0.25) is 0 Å². The lowest BCUT2D eigenvalue weighted by Crippen LogP contribution is -2.45. The lowest BCUT2D eigenvalue weighted by molar-refractivity contribution is 0.165. The number of nitrogens with zero attached hydrogens (tertiary/aromatic N) is 2. The second-order valence-corrected chi connectivity index (χ2v) is 6.38. The van der Waals surface area contributed by atoms with Crippen LogP contribution in [-0.2, 0) is 6.54 Å². The fourth-order valence-corrected chi connectivity index (χ4v) is 3.46. The molecule has 2 aliphatic heterocycles. The van der Waals surface area contributed by atoms with Crippen LogP contribution < -0.4 is 5.32 Å². The van der Waals surface area contributed by atoms with Crippen LogP contribution in [0.4, 0.5) is 4.79 Å². The van der Waals surface area contributed by atoms with Crippen LogP contribution in [0.25, 0.3) is 0 Å². The summed E-state index contributed by atoms with van der Waals surface area (Å²) in [5.74, 6) is 0. The molecule has 0 aliphatic carbocycles. The summed E-state index contributed by atoms with van der Waals surface area (Å²) in [5, 5.41) is 4.42. The first-order valence-corrected chi connectivity index (χ1v) is 8.11. The minimum atomic E-state index is 0.123. The maximum atomic E-state index is 12.6. The summed E-state index contributed by atoms with van der Waals surface area (Å²) in [6.45, 7) is 4.08. The summed E-state index contributed by atoms with van der Waals surface area (Å²) in [6.07, 6.45) is 2.08. The Morgan fingerprint density at radius 1 is 1.19 bits per heavy atom. The Balaban J connectivity index is 1.67. The standard InChI is InChI=1S/C15H19Cl2N3O/c16-13-3-1-2-11(14(13)17)10-19-8-9-20(15(19)21)12-4-6-18-7-5-12/h1-3,12,18H,4-10H2. The van der Waals surface area contributed by atoms with Crippen molar-refractivity contribution in [3.8, 4) is 0 Å². The van der Waals surface area contributed by atoms with Crippen molar-refractivity contribution < 1.29 is 4.79 Å². The smallest absolute Gasteiger partial charge is 0.320 e. The fraction of sp³-hybridized carbons (Fsp3) is 0.533. The summed E-state index contributed by atoms with van der Waals surface area (Å²) in [5.41, 5.74) is 0.907. The van der Waals surface area contributed by atoms with E-state index >= 15 is 0 Å². The van der Waals surface area contributed by atoms with Gasteiger partial charge in [0.1, 0.15) is 0 Å². The Kier molecular flexibility index (Phi) is 4.57. The zero-order valence-electron chi connectivity index (χ0n) is 11.8. The van der Waals surface area contributed by atoms with E-state index in [-0.39, 0.29) is 6.03 Å². The molecule has 2 amide bonds. The van der Waals surface area contributed by atoms with E-state index < -0.39 is 0 Å². The molecule has 2 aliphatic rings. The molecule has 0 saturated carbocycles. The maximum absolute atomic E-state index is 12.6. The van der Waals surface area contributed by atoms with Gasteiger partial charge in [-0.2, -0.15) is 0 Å². The van der Waals surface area contributed by atoms with E-state index in [1.54, 1.807) is 6.07 Å². The van der Waals surface area contributed by atoms with Gasteiger partial charge in [-0.1, -0.05) is 35.3 Å². The first-order chi connectivity index (χ1) is 10.2. The summed E-state index contributed by atoms with van der Waals surface area (Å²) in [6, 6.07) is 6.06. The van der Waals surface area contributed by atoms with Crippen LogP contribution in [0.3, 0.4) is 0 Å². The third-order valence-corrected chi connectivity index (χ3v) is 5.13. The van der Waals surface area contributed by atoms with E-state index in [2.05, 4.69) is 5.32 Å². The summed E-state index contributed by atoms with van der Waals surface area (Å²) in [4.78, 5) is 16.4. The molecular weight excluding hydrogens is 309 g/mol. The minimum absolute atomic E-state index is 0.123. The molecule has 0 aromatic heterocycles. The van der Waals surface area contributed by atoms with E-state index in [1.807, 2.05) is 21.9 Å². The number of carbonyl (C=O) groups excluding carboxylic acids is 1. The first-order valence-electron chi connectivity index (χ1n) is 7.36. The molecule has 0 radical (unpaired) electrons. The molecule has 3 rings (SSSR count). The Hall–Kier alpha value is -0.970. The molecule has 21 heavy (non-hydrogen) atoms. The largest absolute Gasteiger partial charge is 0.320 e. The molecule has 1 aromatic rings. The molecule has 1 aromatic carbocycles. The highest BCUT2D eigenvalue weighted by molar-refractivity contribution is 6.42. The van der Waals surface area contributed by atoms with Crippen LogP contribution in [0.2, 0.25) is 10.0 Å². The van der Waals surface area contributed by atoms with Crippen molar-refractivity contribution >= 4 is 29.2 Å². The number of amides is 2. The highest BCUT2D eigenvalue weighted by Gasteiger charge is 2.34. The molecule has 0 atom stereocenters. The second kappa shape index (κ2) is 6.42. The zero-order valence-corrected chi connectivity index (χ0v) is 13.3. The number of carbonyl (C=O) groups is 1. The molecule has 0 bridgehead atoms. The van der Waals surface area contributed by atoms with E-state index in [0.717, 1.165) is 44.6 Å². The number of benzene rings is 1. The molecule has 0 unspecified atom stereocenters. The summed E-state index contributed by atoms with van der Waals surface area (Å²) < 4.78 is 0. The van der Waals surface area contributed by atoms with Crippen molar-refractivity contribution in [3.63, 3.8) is 0 Å². The van der Waals surface area contributed by atoms with E-state index in [0.29, 0.717) is 22.6 Å². The van der Waals surface area contributed by atoms with Crippen LogP contribution in [0, 0.1) is 0 Å². The predicted molar refractivity (Wildman–Crippen MR) is 84.9 cm³/mol. The van der Waals surface area contributed by atoms with Crippen LogP contribution in [0.5, 0.6) is 0 Å². The number of hydrogen-bond donors (Lipinski definition) is 1. The maximum Gasteiger partial charge on any atom is 0.320 e. The fourth-order valence-electron chi connectivity index (χ4n) is 3.08. The highest BCUT2D eigenvalue weighted by Crippen LogP contribution is 2.28. The molecule has 0 spiro atoms. The average molecular weight is 328 g/mol. The van der Waals surface area contributed by atoms with Crippen molar-refractivity contribution in [1.82, 2.24) is 15.1 Å². The van der Waals surface area contributed by atoms with E-state index in [9.17, 15) is 4.79 Å². The van der Waals surface area contributed by atoms with Gasteiger partial charge in [0.25, 0.3) is 0 Å². The second-order valence-electron chi connectivity index (χ2n) is 5.59. The van der Waals surface area contributed by atoms with Crippen molar-refractivity contribution in [3.05, 3.63) is 33.8 Å². The number of piperidine rings is 1. The van der Waals surface area contributed by atoms with Crippen LogP contribution in [-0.4, -0.2) is 48.1 Å². The van der Waals surface area contributed by atoms with Gasteiger partial charge in [0.2, 0.25) is 0 Å². The van der Waals surface area contributed by atoms with Gasteiger partial charge in [0.15, 0.2) is 0 Å². The van der Waals surface area contributed by atoms with Gasteiger partial charge < -0.3 is 15.1 Å². The van der Waals surface area contributed by atoms with Crippen LogP contribution >= 0.6 is 23.2 Å². The Labute approximate surface area is 135 Å². The molecule has 2 fully saturated rings. The molecule has 2 heterocycles. The van der Waals surface area contributed by atoms with Gasteiger partial charge in [0.05, 0.1) is 10.0 Å². The summed E-state index contributed by atoms with van der Waals surface area (Å²) in [7, 11) is 0. The normalized spacial score (nSPS) is 20.4. The highest BCUT2D eigenvalue weighted by atomic mass is 35.5. The number of nitrogens with one attached hydrogen (secondary N) is 1. The lowest BCUT2D eigenvalue weighted by Gasteiger charge is -2.31. The minimum Gasteiger partial charge on any atom is -0.320 e. The third-order valence-electron chi connectivity index (χ3n) is 4.27. The number of urea groups is 1. The van der Waals surface area contributed by atoms with Crippen molar-refractivity contribution in [2.24, 2.45) is 0 Å². The number of rotatable bonds is 3. The lowest BCUT2D eigenvalue weighted by atomic mass is 10.1. The molecule has 2 saturated heterocycles. The van der Waals surface area contributed by atoms with Crippen LogP contribution in [0.1, 0.15) is 18.4 Å². The molecule has 1 N–H and O–H groups in total. The van der Waals surface area contributed by atoms with Crippen LogP contribution in [0.15, 0.2) is 18.2 Å². The van der Waals surface area contributed by atoms with Gasteiger partial charge >= 0.3 is 6.03 Å². The third kappa shape index (κ3) is 3.12. The molecule has 4 nitrogen and oxygen atoms in total.